The summed E-state index contributed by atoms with van der Waals surface area (Å²) in [7, 11) is 0. The molecular weight excluding hydrogens is 284 g/mol. The van der Waals surface area contributed by atoms with Crippen LogP contribution in [0.4, 0.5) is 20.2 Å². The third kappa shape index (κ3) is 3.20. The van der Waals surface area contributed by atoms with E-state index in [2.05, 4.69) is 9.80 Å². The van der Waals surface area contributed by atoms with E-state index in [4.69, 9.17) is 5.73 Å². The number of anilines is 2. The SMILES string of the molecule is NCc1cc(F)cc(N2CCN(c3ccc(F)cc3)CC2)c1. The van der Waals surface area contributed by atoms with Crippen molar-refractivity contribution in [1.29, 1.82) is 0 Å². The first kappa shape index (κ1) is 14.8. The van der Waals surface area contributed by atoms with Gasteiger partial charge in [-0.05, 0) is 48.0 Å². The van der Waals surface area contributed by atoms with Gasteiger partial charge in [-0.2, -0.15) is 0 Å². The van der Waals surface area contributed by atoms with Crippen LogP contribution in [0.2, 0.25) is 0 Å². The molecule has 1 fully saturated rings. The molecule has 0 aromatic heterocycles. The monoisotopic (exact) mass is 303 g/mol. The maximum absolute atomic E-state index is 13.6. The van der Waals surface area contributed by atoms with Crippen LogP contribution in [0.25, 0.3) is 0 Å². The standard InChI is InChI=1S/C17H19F2N3/c18-14-1-3-16(4-2-14)21-5-7-22(8-6-21)17-10-13(12-20)9-15(19)11-17/h1-4,9-11H,5-8,12,20H2. The average Bonchev–Trinajstić information content (AvgIpc) is 2.55. The lowest BCUT2D eigenvalue weighted by Crippen LogP contribution is -2.46. The normalized spacial score (nSPS) is 15.2. The van der Waals surface area contributed by atoms with E-state index in [1.165, 1.54) is 18.2 Å². The molecule has 1 aliphatic heterocycles. The van der Waals surface area contributed by atoms with Gasteiger partial charge in [0.1, 0.15) is 11.6 Å². The van der Waals surface area contributed by atoms with Crippen LogP contribution >= 0.6 is 0 Å². The minimum atomic E-state index is -0.251. The Balaban J connectivity index is 1.69. The summed E-state index contributed by atoms with van der Waals surface area (Å²) in [6.07, 6.45) is 0. The van der Waals surface area contributed by atoms with E-state index in [0.29, 0.717) is 6.54 Å². The first-order valence-corrected chi connectivity index (χ1v) is 7.41. The van der Waals surface area contributed by atoms with E-state index >= 15 is 0 Å². The molecule has 116 valence electrons. The summed E-state index contributed by atoms with van der Waals surface area (Å²) in [5.41, 5.74) is 8.30. The zero-order valence-electron chi connectivity index (χ0n) is 12.3. The van der Waals surface area contributed by atoms with Gasteiger partial charge in [0.05, 0.1) is 0 Å². The van der Waals surface area contributed by atoms with Crippen molar-refractivity contribution in [1.82, 2.24) is 0 Å². The molecule has 5 heteroatoms. The Hall–Kier alpha value is -2.14. The number of hydrogen-bond donors (Lipinski definition) is 1. The number of benzene rings is 2. The van der Waals surface area contributed by atoms with Gasteiger partial charge in [0, 0.05) is 44.1 Å². The summed E-state index contributed by atoms with van der Waals surface area (Å²) in [5, 5.41) is 0. The van der Waals surface area contributed by atoms with Crippen LogP contribution in [0.3, 0.4) is 0 Å². The molecule has 3 rings (SSSR count). The predicted molar refractivity (Wildman–Crippen MR) is 85.1 cm³/mol. The van der Waals surface area contributed by atoms with Crippen molar-refractivity contribution in [2.45, 2.75) is 6.54 Å². The van der Waals surface area contributed by atoms with Crippen LogP contribution in [0.5, 0.6) is 0 Å². The van der Waals surface area contributed by atoms with E-state index in [1.807, 2.05) is 6.07 Å². The van der Waals surface area contributed by atoms with Gasteiger partial charge in [-0.15, -0.1) is 0 Å². The second-order valence-corrected chi connectivity index (χ2v) is 5.47. The molecule has 0 bridgehead atoms. The van der Waals surface area contributed by atoms with Crippen molar-refractivity contribution in [2.24, 2.45) is 5.73 Å². The number of halogens is 2. The van der Waals surface area contributed by atoms with Crippen molar-refractivity contribution < 1.29 is 8.78 Å². The molecule has 2 aromatic rings. The third-order valence-electron chi connectivity index (χ3n) is 4.01. The Kier molecular flexibility index (Phi) is 4.24. The molecule has 0 atom stereocenters. The summed E-state index contributed by atoms with van der Waals surface area (Å²) in [5.74, 6) is -0.477. The van der Waals surface area contributed by atoms with Crippen LogP contribution in [0.15, 0.2) is 42.5 Å². The molecule has 2 aromatic carbocycles. The molecule has 1 saturated heterocycles. The predicted octanol–water partition coefficient (Wildman–Crippen LogP) is 2.75. The quantitative estimate of drug-likeness (QED) is 0.946. The highest BCUT2D eigenvalue weighted by atomic mass is 19.1. The fourth-order valence-electron chi connectivity index (χ4n) is 2.81. The first-order valence-electron chi connectivity index (χ1n) is 7.41. The second-order valence-electron chi connectivity index (χ2n) is 5.47. The largest absolute Gasteiger partial charge is 0.368 e. The van der Waals surface area contributed by atoms with Crippen LogP contribution in [-0.2, 0) is 6.54 Å². The Morgan fingerprint density at radius 3 is 1.95 bits per heavy atom. The number of nitrogens with two attached hydrogens (primary N) is 1. The van der Waals surface area contributed by atoms with Gasteiger partial charge in [-0.1, -0.05) is 0 Å². The summed E-state index contributed by atoms with van der Waals surface area (Å²) in [4.78, 5) is 4.36. The molecule has 0 radical (unpaired) electrons. The lowest BCUT2D eigenvalue weighted by Gasteiger charge is -2.37. The molecule has 3 nitrogen and oxygen atoms in total. The Labute approximate surface area is 128 Å². The summed E-state index contributed by atoms with van der Waals surface area (Å²) in [6, 6.07) is 11.5. The van der Waals surface area contributed by atoms with Gasteiger partial charge in [0.2, 0.25) is 0 Å². The Morgan fingerprint density at radius 2 is 1.36 bits per heavy atom. The van der Waals surface area contributed by atoms with Gasteiger partial charge < -0.3 is 15.5 Å². The van der Waals surface area contributed by atoms with Crippen LogP contribution in [0.1, 0.15) is 5.56 Å². The van der Waals surface area contributed by atoms with Crippen molar-refractivity contribution in [3.8, 4) is 0 Å². The number of hydrogen-bond acceptors (Lipinski definition) is 3. The van der Waals surface area contributed by atoms with E-state index in [9.17, 15) is 8.78 Å². The number of piperazine rings is 1. The summed E-state index contributed by atoms with van der Waals surface area (Å²) in [6.45, 7) is 3.57. The zero-order chi connectivity index (χ0) is 15.5. The molecule has 0 saturated carbocycles. The van der Waals surface area contributed by atoms with Crippen LogP contribution < -0.4 is 15.5 Å². The molecular formula is C17H19F2N3. The number of rotatable bonds is 3. The lowest BCUT2D eigenvalue weighted by molar-refractivity contribution is 0.617. The second kappa shape index (κ2) is 6.32. The number of nitrogens with zero attached hydrogens (tertiary/aromatic N) is 2. The van der Waals surface area contributed by atoms with Crippen molar-refractivity contribution >= 4 is 11.4 Å². The zero-order valence-corrected chi connectivity index (χ0v) is 12.3. The van der Waals surface area contributed by atoms with Gasteiger partial charge in [0.25, 0.3) is 0 Å². The van der Waals surface area contributed by atoms with Crippen molar-refractivity contribution in [2.75, 3.05) is 36.0 Å². The maximum atomic E-state index is 13.6. The summed E-state index contributed by atoms with van der Waals surface area (Å²) >= 11 is 0. The smallest absolute Gasteiger partial charge is 0.125 e. The van der Waals surface area contributed by atoms with Gasteiger partial charge >= 0.3 is 0 Å². The van der Waals surface area contributed by atoms with E-state index in [1.54, 1.807) is 18.2 Å². The topological polar surface area (TPSA) is 32.5 Å². The molecule has 1 heterocycles. The molecule has 2 N–H and O–H groups in total. The lowest BCUT2D eigenvalue weighted by atomic mass is 10.1. The summed E-state index contributed by atoms with van der Waals surface area (Å²) < 4.78 is 26.6. The van der Waals surface area contributed by atoms with E-state index in [-0.39, 0.29) is 11.6 Å². The van der Waals surface area contributed by atoms with Gasteiger partial charge in [-0.25, -0.2) is 8.78 Å². The fourth-order valence-corrected chi connectivity index (χ4v) is 2.81. The minimum absolute atomic E-state index is 0.225. The molecule has 22 heavy (non-hydrogen) atoms. The Morgan fingerprint density at radius 1 is 0.773 bits per heavy atom. The maximum Gasteiger partial charge on any atom is 0.125 e. The first-order chi connectivity index (χ1) is 10.7. The van der Waals surface area contributed by atoms with E-state index < -0.39 is 0 Å². The minimum Gasteiger partial charge on any atom is -0.368 e. The van der Waals surface area contributed by atoms with Gasteiger partial charge in [0.15, 0.2) is 0 Å². The molecule has 0 aliphatic carbocycles. The van der Waals surface area contributed by atoms with Gasteiger partial charge in [-0.3, -0.25) is 0 Å². The third-order valence-corrected chi connectivity index (χ3v) is 4.01. The van der Waals surface area contributed by atoms with Crippen molar-refractivity contribution in [3.63, 3.8) is 0 Å². The van der Waals surface area contributed by atoms with Crippen LogP contribution in [-0.4, -0.2) is 26.2 Å². The van der Waals surface area contributed by atoms with Crippen LogP contribution in [0, 0.1) is 11.6 Å². The molecule has 1 aliphatic rings. The van der Waals surface area contributed by atoms with E-state index in [0.717, 1.165) is 43.1 Å². The fraction of sp³-hybridized carbons (Fsp3) is 0.294. The van der Waals surface area contributed by atoms with Crippen molar-refractivity contribution in [3.05, 3.63) is 59.7 Å². The molecule has 0 spiro atoms. The highest BCUT2D eigenvalue weighted by molar-refractivity contribution is 5.53. The molecule has 0 unspecified atom stereocenters. The Bertz CT molecular complexity index is 635. The average molecular weight is 303 g/mol. The highest BCUT2D eigenvalue weighted by Gasteiger charge is 2.18. The molecule has 0 amide bonds. The highest BCUT2D eigenvalue weighted by Crippen LogP contribution is 2.22.